The molecule has 0 saturated carbocycles. The Morgan fingerprint density at radius 1 is 1.44 bits per heavy atom. The van der Waals surface area contributed by atoms with Gasteiger partial charge in [0, 0.05) is 38.8 Å². The van der Waals surface area contributed by atoms with Crippen LogP contribution in [0.15, 0.2) is 30.6 Å². The molecule has 1 aliphatic heterocycles. The maximum absolute atomic E-state index is 14.0. The molecule has 7 heteroatoms. The second-order valence-electron chi connectivity index (χ2n) is 6.45. The van der Waals surface area contributed by atoms with Crippen molar-refractivity contribution in [2.24, 2.45) is 18.7 Å². The van der Waals surface area contributed by atoms with Crippen LogP contribution in [0.5, 0.6) is 5.75 Å². The van der Waals surface area contributed by atoms with Crippen LogP contribution in [-0.4, -0.2) is 40.3 Å². The third kappa shape index (κ3) is 3.82. The van der Waals surface area contributed by atoms with Crippen LogP contribution in [0.4, 0.5) is 4.39 Å². The van der Waals surface area contributed by atoms with Crippen LogP contribution in [-0.2, 0) is 18.4 Å². The SMILES string of the molecule is CCOc1ccc(CN2C[C@H](C(N)=O)[C@@H](c3cnn(C)c3)C2)cc1F. The van der Waals surface area contributed by atoms with Gasteiger partial charge in [-0.05, 0) is 30.2 Å². The summed E-state index contributed by atoms with van der Waals surface area (Å²) in [5.41, 5.74) is 7.45. The van der Waals surface area contributed by atoms with E-state index in [0.717, 1.165) is 11.1 Å². The number of likely N-dealkylation sites (tertiary alicyclic amines) is 1. The van der Waals surface area contributed by atoms with E-state index in [9.17, 15) is 9.18 Å². The highest BCUT2D eigenvalue weighted by molar-refractivity contribution is 5.78. The number of amides is 1. The highest BCUT2D eigenvalue weighted by Gasteiger charge is 2.37. The molecule has 0 bridgehead atoms. The molecule has 134 valence electrons. The number of primary amides is 1. The Hall–Kier alpha value is -2.41. The Labute approximate surface area is 146 Å². The van der Waals surface area contributed by atoms with Crippen molar-refractivity contribution in [1.29, 1.82) is 0 Å². The van der Waals surface area contributed by atoms with Crippen LogP contribution in [0.2, 0.25) is 0 Å². The summed E-state index contributed by atoms with van der Waals surface area (Å²) in [7, 11) is 1.85. The minimum atomic E-state index is -0.367. The average molecular weight is 346 g/mol. The number of aromatic nitrogens is 2. The van der Waals surface area contributed by atoms with Crippen molar-refractivity contribution in [2.75, 3.05) is 19.7 Å². The van der Waals surface area contributed by atoms with E-state index in [0.29, 0.717) is 26.2 Å². The molecule has 0 unspecified atom stereocenters. The minimum absolute atomic E-state index is 0.0127. The van der Waals surface area contributed by atoms with E-state index < -0.39 is 0 Å². The minimum Gasteiger partial charge on any atom is -0.491 e. The van der Waals surface area contributed by atoms with Gasteiger partial charge in [-0.1, -0.05) is 6.07 Å². The first-order valence-corrected chi connectivity index (χ1v) is 8.39. The Kier molecular flexibility index (Phi) is 5.03. The summed E-state index contributed by atoms with van der Waals surface area (Å²) in [5, 5.41) is 4.19. The van der Waals surface area contributed by atoms with Crippen molar-refractivity contribution in [2.45, 2.75) is 19.4 Å². The van der Waals surface area contributed by atoms with Crippen LogP contribution >= 0.6 is 0 Å². The van der Waals surface area contributed by atoms with E-state index in [2.05, 4.69) is 10.00 Å². The molecule has 25 heavy (non-hydrogen) atoms. The lowest BCUT2D eigenvalue weighted by molar-refractivity contribution is -0.121. The Balaban J connectivity index is 1.73. The lowest BCUT2D eigenvalue weighted by Gasteiger charge is -2.16. The first-order valence-electron chi connectivity index (χ1n) is 8.39. The summed E-state index contributed by atoms with van der Waals surface area (Å²) in [4.78, 5) is 14.0. The van der Waals surface area contributed by atoms with Gasteiger partial charge in [0.25, 0.3) is 0 Å². The second kappa shape index (κ2) is 7.23. The summed E-state index contributed by atoms with van der Waals surface area (Å²) < 4.78 is 21.0. The fourth-order valence-corrected chi connectivity index (χ4v) is 3.45. The highest BCUT2D eigenvalue weighted by Crippen LogP contribution is 2.33. The number of benzene rings is 1. The molecule has 2 atom stereocenters. The van der Waals surface area contributed by atoms with Crippen molar-refractivity contribution >= 4 is 5.91 Å². The van der Waals surface area contributed by atoms with E-state index in [1.54, 1.807) is 16.9 Å². The van der Waals surface area contributed by atoms with Gasteiger partial charge in [0.1, 0.15) is 0 Å². The number of rotatable bonds is 6. The van der Waals surface area contributed by atoms with Gasteiger partial charge in [-0.15, -0.1) is 0 Å². The number of halogens is 1. The lowest BCUT2D eigenvalue weighted by Crippen LogP contribution is -2.29. The second-order valence-corrected chi connectivity index (χ2v) is 6.45. The number of aryl methyl sites for hydroxylation is 1. The summed E-state index contributed by atoms with van der Waals surface area (Å²) in [6, 6.07) is 4.99. The van der Waals surface area contributed by atoms with Gasteiger partial charge in [0.2, 0.25) is 5.91 Å². The van der Waals surface area contributed by atoms with Crippen LogP contribution in [0, 0.1) is 11.7 Å². The largest absolute Gasteiger partial charge is 0.491 e. The van der Waals surface area contributed by atoms with E-state index in [-0.39, 0.29) is 29.3 Å². The third-order valence-corrected chi connectivity index (χ3v) is 4.62. The molecule has 1 saturated heterocycles. The number of nitrogens with two attached hydrogens (primary N) is 1. The fraction of sp³-hybridized carbons (Fsp3) is 0.444. The molecule has 1 amide bonds. The summed E-state index contributed by atoms with van der Waals surface area (Å²) in [5.74, 6) is -0.672. The van der Waals surface area contributed by atoms with Gasteiger partial charge in [0.15, 0.2) is 11.6 Å². The number of hydrogen-bond donors (Lipinski definition) is 1. The maximum atomic E-state index is 14.0. The van der Waals surface area contributed by atoms with Crippen molar-refractivity contribution < 1.29 is 13.9 Å². The van der Waals surface area contributed by atoms with E-state index in [4.69, 9.17) is 10.5 Å². The molecule has 2 heterocycles. The van der Waals surface area contributed by atoms with Crippen molar-refractivity contribution in [3.63, 3.8) is 0 Å². The number of nitrogens with zero attached hydrogens (tertiary/aromatic N) is 3. The third-order valence-electron chi connectivity index (χ3n) is 4.62. The van der Waals surface area contributed by atoms with Gasteiger partial charge in [-0.2, -0.15) is 5.10 Å². The molecule has 0 aliphatic carbocycles. The lowest BCUT2D eigenvalue weighted by atomic mass is 9.90. The van der Waals surface area contributed by atoms with Crippen LogP contribution in [0.25, 0.3) is 0 Å². The van der Waals surface area contributed by atoms with Gasteiger partial charge in [-0.3, -0.25) is 14.4 Å². The molecule has 1 aromatic heterocycles. The molecule has 0 spiro atoms. The normalized spacial score (nSPS) is 20.8. The zero-order valence-corrected chi connectivity index (χ0v) is 14.5. The van der Waals surface area contributed by atoms with Gasteiger partial charge in [0.05, 0.1) is 18.7 Å². The van der Waals surface area contributed by atoms with E-state index in [1.807, 2.05) is 26.2 Å². The topological polar surface area (TPSA) is 73.4 Å². The molecule has 1 aliphatic rings. The Morgan fingerprint density at radius 3 is 2.84 bits per heavy atom. The van der Waals surface area contributed by atoms with Crippen molar-refractivity contribution in [3.05, 3.63) is 47.5 Å². The number of ether oxygens (including phenoxy) is 1. The molecular formula is C18H23FN4O2. The average Bonchev–Trinajstić information content (AvgIpc) is 3.16. The summed E-state index contributed by atoms with van der Waals surface area (Å²) in [6.45, 7) is 4.05. The number of hydrogen-bond acceptors (Lipinski definition) is 4. The maximum Gasteiger partial charge on any atom is 0.222 e. The van der Waals surface area contributed by atoms with Gasteiger partial charge < -0.3 is 10.5 Å². The zero-order valence-electron chi connectivity index (χ0n) is 14.5. The van der Waals surface area contributed by atoms with E-state index >= 15 is 0 Å². The Bertz CT molecular complexity index is 761. The predicted octanol–water partition coefficient (Wildman–Crippen LogP) is 1.66. The van der Waals surface area contributed by atoms with Crippen LogP contribution in [0.3, 0.4) is 0 Å². The van der Waals surface area contributed by atoms with Crippen molar-refractivity contribution in [1.82, 2.24) is 14.7 Å². The van der Waals surface area contributed by atoms with Crippen molar-refractivity contribution in [3.8, 4) is 5.75 Å². The molecule has 2 N–H and O–H groups in total. The molecular weight excluding hydrogens is 323 g/mol. The highest BCUT2D eigenvalue weighted by atomic mass is 19.1. The number of carbonyl (C=O) groups excluding carboxylic acids is 1. The van der Waals surface area contributed by atoms with Crippen LogP contribution in [0.1, 0.15) is 24.0 Å². The first-order chi connectivity index (χ1) is 12.0. The molecule has 2 aromatic rings. The summed E-state index contributed by atoms with van der Waals surface area (Å²) >= 11 is 0. The standard InChI is InChI=1S/C18H23FN4O2/c1-3-25-17-5-4-12(6-16(17)19)8-23-10-14(15(11-23)18(20)24)13-7-21-22(2)9-13/h4-7,9,14-15H,3,8,10-11H2,1-2H3,(H2,20,24)/t14-,15+/m1/s1. The monoisotopic (exact) mass is 346 g/mol. The van der Waals surface area contributed by atoms with Crippen LogP contribution < -0.4 is 10.5 Å². The van der Waals surface area contributed by atoms with Gasteiger partial charge >= 0.3 is 0 Å². The number of carbonyl (C=O) groups is 1. The molecule has 6 nitrogen and oxygen atoms in total. The molecule has 1 fully saturated rings. The smallest absolute Gasteiger partial charge is 0.222 e. The van der Waals surface area contributed by atoms with E-state index in [1.165, 1.54) is 6.07 Å². The molecule has 1 aromatic carbocycles. The first kappa shape index (κ1) is 17.4. The molecule has 3 rings (SSSR count). The fourth-order valence-electron chi connectivity index (χ4n) is 3.45. The van der Waals surface area contributed by atoms with Gasteiger partial charge in [-0.25, -0.2) is 4.39 Å². The Morgan fingerprint density at radius 2 is 2.24 bits per heavy atom. The zero-order chi connectivity index (χ0) is 18.0. The quantitative estimate of drug-likeness (QED) is 0.863. The summed E-state index contributed by atoms with van der Waals surface area (Å²) in [6.07, 6.45) is 3.70. The molecule has 0 radical (unpaired) electrons. The predicted molar refractivity (Wildman–Crippen MR) is 91.5 cm³/mol.